The van der Waals surface area contributed by atoms with Gasteiger partial charge in [0.2, 0.25) is 0 Å². The average Bonchev–Trinajstić information content (AvgIpc) is 2.84. The SMILES string of the molecule is Cc1cccc(C(=O)N2CCn3c(C)ccc3C2C)c1N. The van der Waals surface area contributed by atoms with Crippen molar-refractivity contribution in [2.45, 2.75) is 33.4 Å². The highest BCUT2D eigenvalue weighted by Gasteiger charge is 2.29. The molecule has 1 amide bonds. The van der Waals surface area contributed by atoms with Gasteiger partial charge in [0.05, 0.1) is 11.6 Å². The van der Waals surface area contributed by atoms with Crippen molar-refractivity contribution in [3.63, 3.8) is 0 Å². The summed E-state index contributed by atoms with van der Waals surface area (Å²) in [7, 11) is 0. The number of amides is 1. The van der Waals surface area contributed by atoms with Gasteiger partial charge in [0.25, 0.3) is 5.91 Å². The number of hydrogen-bond acceptors (Lipinski definition) is 2. The van der Waals surface area contributed by atoms with Crippen LogP contribution in [0.25, 0.3) is 0 Å². The molecule has 1 aliphatic heterocycles. The standard InChI is InChI=1S/C17H21N3O/c1-11-5-4-6-14(16(11)18)17(21)20-10-9-19-12(2)7-8-15(19)13(20)3/h4-8,13H,9-10,18H2,1-3H3. The first-order chi connectivity index (χ1) is 10.0. The lowest BCUT2D eigenvalue weighted by Crippen LogP contribution is -2.41. The molecule has 0 saturated carbocycles. The van der Waals surface area contributed by atoms with Crippen molar-refractivity contribution in [2.24, 2.45) is 0 Å². The second-order valence-corrected chi connectivity index (χ2v) is 5.76. The van der Waals surface area contributed by atoms with E-state index in [2.05, 4.69) is 30.5 Å². The molecule has 4 nitrogen and oxygen atoms in total. The quantitative estimate of drug-likeness (QED) is 0.818. The highest BCUT2D eigenvalue weighted by Crippen LogP contribution is 2.30. The second kappa shape index (κ2) is 4.95. The normalized spacial score (nSPS) is 17.7. The van der Waals surface area contributed by atoms with Crippen LogP contribution in [-0.4, -0.2) is 21.9 Å². The van der Waals surface area contributed by atoms with Crippen LogP contribution in [0.15, 0.2) is 30.3 Å². The Hall–Kier alpha value is -2.23. The number of nitrogens with zero attached hydrogens (tertiary/aromatic N) is 2. The number of hydrogen-bond donors (Lipinski definition) is 1. The van der Waals surface area contributed by atoms with Gasteiger partial charge in [-0.15, -0.1) is 0 Å². The Bertz CT molecular complexity index is 702. The van der Waals surface area contributed by atoms with E-state index >= 15 is 0 Å². The number of anilines is 1. The highest BCUT2D eigenvalue weighted by molar-refractivity contribution is 6.00. The van der Waals surface area contributed by atoms with E-state index in [0.29, 0.717) is 11.3 Å². The minimum atomic E-state index is 0.0220. The molecule has 2 aromatic rings. The van der Waals surface area contributed by atoms with Gasteiger partial charge < -0.3 is 15.2 Å². The molecule has 21 heavy (non-hydrogen) atoms. The summed E-state index contributed by atoms with van der Waals surface area (Å²) in [6.07, 6.45) is 0. The van der Waals surface area contributed by atoms with Crippen LogP contribution in [0.3, 0.4) is 0 Å². The summed E-state index contributed by atoms with van der Waals surface area (Å²) in [5.74, 6) is 0.0220. The first kappa shape index (κ1) is 13.7. The topological polar surface area (TPSA) is 51.3 Å². The number of aromatic nitrogens is 1. The monoisotopic (exact) mass is 283 g/mol. The maximum Gasteiger partial charge on any atom is 0.256 e. The van der Waals surface area contributed by atoms with Crippen molar-refractivity contribution in [3.8, 4) is 0 Å². The third-order valence-electron chi connectivity index (χ3n) is 4.51. The third kappa shape index (κ3) is 2.11. The second-order valence-electron chi connectivity index (χ2n) is 5.76. The molecule has 3 rings (SSSR count). The van der Waals surface area contributed by atoms with E-state index in [9.17, 15) is 4.79 Å². The fourth-order valence-corrected chi connectivity index (χ4v) is 3.12. The smallest absolute Gasteiger partial charge is 0.256 e. The lowest BCUT2D eigenvalue weighted by molar-refractivity contribution is 0.0644. The molecule has 1 atom stereocenters. The zero-order chi connectivity index (χ0) is 15.1. The summed E-state index contributed by atoms with van der Waals surface area (Å²) in [5.41, 5.74) is 10.7. The van der Waals surface area contributed by atoms with E-state index in [1.165, 1.54) is 11.4 Å². The van der Waals surface area contributed by atoms with Crippen LogP contribution in [-0.2, 0) is 6.54 Å². The molecule has 4 heteroatoms. The molecule has 2 heterocycles. The number of para-hydroxylation sites is 1. The highest BCUT2D eigenvalue weighted by atomic mass is 16.2. The van der Waals surface area contributed by atoms with Crippen LogP contribution in [0.4, 0.5) is 5.69 Å². The molecule has 0 bridgehead atoms. The predicted octanol–water partition coefficient (Wildman–Crippen LogP) is 2.90. The Morgan fingerprint density at radius 3 is 2.71 bits per heavy atom. The van der Waals surface area contributed by atoms with E-state index in [4.69, 9.17) is 5.73 Å². The molecule has 0 aliphatic carbocycles. The maximum absolute atomic E-state index is 12.8. The first-order valence-corrected chi connectivity index (χ1v) is 7.33. The van der Waals surface area contributed by atoms with Crippen LogP contribution in [0.5, 0.6) is 0 Å². The van der Waals surface area contributed by atoms with Crippen molar-refractivity contribution < 1.29 is 4.79 Å². The van der Waals surface area contributed by atoms with E-state index in [0.717, 1.165) is 18.7 Å². The van der Waals surface area contributed by atoms with Crippen molar-refractivity contribution in [2.75, 3.05) is 12.3 Å². The van der Waals surface area contributed by atoms with Gasteiger partial charge in [-0.2, -0.15) is 0 Å². The first-order valence-electron chi connectivity index (χ1n) is 7.33. The van der Waals surface area contributed by atoms with Gasteiger partial charge in [0.1, 0.15) is 0 Å². The summed E-state index contributed by atoms with van der Waals surface area (Å²) < 4.78 is 2.29. The summed E-state index contributed by atoms with van der Waals surface area (Å²) in [6, 6.07) is 9.93. The zero-order valence-electron chi connectivity index (χ0n) is 12.8. The van der Waals surface area contributed by atoms with Gasteiger partial charge in [-0.3, -0.25) is 4.79 Å². The third-order valence-corrected chi connectivity index (χ3v) is 4.51. The van der Waals surface area contributed by atoms with E-state index in [1.54, 1.807) is 0 Å². The van der Waals surface area contributed by atoms with Gasteiger partial charge in [-0.1, -0.05) is 12.1 Å². The fraction of sp³-hybridized carbons (Fsp3) is 0.353. The average molecular weight is 283 g/mol. The number of fused-ring (bicyclic) bond motifs is 1. The van der Waals surface area contributed by atoms with Crippen LogP contribution in [0.1, 0.15) is 40.3 Å². The molecule has 0 saturated heterocycles. The van der Waals surface area contributed by atoms with Crippen molar-refractivity contribution in [1.29, 1.82) is 0 Å². The molecular formula is C17H21N3O. The number of benzene rings is 1. The Balaban J connectivity index is 1.95. The number of nitrogen functional groups attached to an aromatic ring is 1. The van der Waals surface area contributed by atoms with Gasteiger partial charge in [0.15, 0.2) is 0 Å². The van der Waals surface area contributed by atoms with Crippen molar-refractivity contribution in [3.05, 3.63) is 52.8 Å². The lowest BCUT2D eigenvalue weighted by Gasteiger charge is -2.35. The Labute approximate surface area is 125 Å². The lowest BCUT2D eigenvalue weighted by atomic mass is 10.0. The van der Waals surface area contributed by atoms with E-state index in [-0.39, 0.29) is 11.9 Å². The maximum atomic E-state index is 12.8. The molecular weight excluding hydrogens is 262 g/mol. The molecule has 1 aromatic carbocycles. The number of carbonyl (C=O) groups is 1. The van der Waals surface area contributed by atoms with Gasteiger partial charge in [-0.05, 0) is 44.5 Å². The summed E-state index contributed by atoms with van der Waals surface area (Å²) >= 11 is 0. The largest absolute Gasteiger partial charge is 0.398 e. The zero-order valence-corrected chi connectivity index (χ0v) is 12.8. The molecule has 2 N–H and O–H groups in total. The number of carbonyl (C=O) groups excluding carboxylic acids is 1. The summed E-state index contributed by atoms with van der Waals surface area (Å²) in [4.78, 5) is 14.8. The van der Waals surface area contributed by atoms with Gasteiger partial charge >= 0.3 is 0 Å². The van der Waals surface area contributed by atoms with Crippen molar-refractivity contribution in [1.82, 2.24) is 9.47 Å². The number of rotatable bonds is 1. The molecule has 0 spiro atoms. The Kier molecular flexibility index (Phi) is 3.24. The molecule has 110 valence electrons. The molecule has 1 aliphatic rings. The summed E-state index contributed by atoms with van der Waals surface area (Å²) in [6.45, 7) is 7.67. The van der Waals surface area contributed by atoms with Gasteiger partial charge in [-0.25, -0.2) is 0 Å². The van der Waals surface area contributed by atoms with E-state index < -0.39 is 0 Å². The van der Waals surface area contributed by atoms with Crippen LogP contribution in [0, 0.1) is 13.8 Å². The Morgan fingerprint density at radius 2 is 1.95 bits per heavy atom. The summed E-state index contributed by atoms with van der Waals surface area (Å²) in [5, 5.41) is 0. The Morgan fingerprint density at radius 1 is 1.19 bits per heavy atom. The molecule has 1 unspecified atom stereocenters. The van der Waals surface area contributed by atoms with Gasteiger partial charge in [0, 0.05) is 30.2 Å². The predicted molar refractivity (Wildman–Crippen MR) is 84.2 cm³/mol. The number of aryl methyl sites for hydroxylation is 2. The molecule has 0 fully saturated rings. The van der Waals surface area contributed by atoms with Crippen LogP contribution >= 0.6 is 0 Å². The van der Waals surface area contributed by atoms with Crippen LogP contribution in [0.2, 0.25) is 0 Å². The minimum Gasteiger partial charge on any atom is -0.398 e. The number of nitrogens with two attached hydrogens (primary N) is 1. The molecule has 1 aromatic heterocycles. The fourth-order valence-electron chi connectivity index (χ4n) is 3.12. The van der Waals surface area contributed by atoms with Crippen molar-refractivity contribution >= 4 is 11.6 Å². The van der Waals surface area contributed by atoms with E-state index in [1.807, 2.05) is 30.0 Å². The van der Waals surface area contributed by atoms with Crippen LogP contribution < -0.4 is 5.73 Å². The minimum absolute atomic E-state index is 0.0220. The molecule has 0 radical (unpaired) electrons.